The highest BCUT2D eigenvalue weighted by atomic mass is 35.5. The van der Waals surface area contributed by atoms with Crippen LogP contribution in [0.3, 0.4) is 0 Å². The Morgan fingerprint density at radius 3 is 2.36 bits per heavy atom. The molecular formula is C11H14ClNO. The van der Waals surface area contributed by atoms with Crippen molar-refractivity contribution >= 4 is 17.9 Å². The first kappa shape index (κ1) is 11.2. The van der Waals surface area contributed by atoms with E-state index in [1.165, 1.54) is 0 Å². The van der Waals surface area contributed by atoms with Gasteiger partial charge in [-0.15, -0.1) is 0 Å². The van der Waals surface area contributed by atoms with Gasteiger partial charge in [0.05, 0.1) is 5.92 Å². The van der Waals surface area contributed by atoms with Gasteiger partial charge in [0.25, 0.3) is 0 Å². The first-order valence-electron chi connectivity index (χ1n) is 4.49. The molecule has 1 atom stereocenters. The molecule has 0 fully saturated rings. The number of carbonyl (C=O) groups is 1. The molecule has 0 spiro atoms. The normalized spacial score (nSPS) is 12.9. The van der Waals surface area contributed by atoms with Crippen LogP contribution in [0.15, 0.2) is 24.3 Å². The zero-order valence-corrected chi connectivity index (χ0v) is 9.16. The van der Waals surface area contributed by atoms with Crippen molar-refractivity contribution in [3.8, 4) is 0 Å². The second kappa shape index (κ2) is 5.13. The molecule has 0 heterocycles. The highest BCUT2D eigenvalue weighted by Gasteiger charge is 2.10. The topological polar surface area (TPSA) is 20.3 Å². The van der Waals surface area contributed by atoms with Crippen LogP contribution < -0.4 is 0 Å². The average Bonchev–Trinajstić information content (AvgIpc) is 2.15. The molecule has 0 aliphatic heterocycles. The Morgan fingerprint density at radius 1 is 1.36 bits per heavy atom. The van der Waals surface area contributed by atoms with Crippen LogP contribution in [-0.2, 0) is 4.79 Å². The van der Waals surface area contributed by atoms with Gasteiger partial charge in [0.1, 0.15) is 6.29 Å². The molecule has 1 unspecified atom stereocenters. The molecule has 0 aliphatic rings. The number of hydrogen-bond acceptors (Lipinski definition) is 2. The van der Waals surface area contributed by atoms with Crippen molar-refractivity contribution in [2.45, 2.75) is 5.92 Å². The summed E-state index contributed by atoms with van der Waals surface area (Å²) in [4.78, 5) is 12.9. The number of rotatable bonds is 4. The van der Waals surface area contributed by atoms with E-state index in [1.807, 2.05) is 43.3 Å². The van der Waals surface area contributed by atoms with Gasteiger partial charge in [-0.3, -0.25) is 0 Å². The summed E-state index contributed by atoms with van der Waals surface area (Å²) in [6.07, 6.45) is 0.975. The van der Waals surface area contributed by atoms with Crippen molar-refractivity contribution in [2.75, 3.05) is 20.6 Å². The van der Waals surface area contributed by atoms with Crippen molar-refractivity contribution in [1.82, 2.24) is 4.90 Å². The Bertz CT molecular complexity index is 295. The van der Waals surface area contributed by atoms with E-state index in [0.717, 1.165) is 18.4 Å². The minimum Gasteiger partial charge on any atom is -0.308 e. The maximum atomic E-state index is 10.9. The summed E-state index contributed by atoms with van der Waals surface area (Å²) >= 11 is 5.77. The molecule has 1 rings (SSSR count). The van der Waals surface area contributed by atoms with Crippen molar-refractivity contribution in [1.29, 1.82) is 0 Å². The van der Waals surface area contributed by atoms with Crippen LogP contribution in [0.5, 0.6) is 0 Å². The van der Waals surface area contributed by atoms with Gasteiger partial charge in [0, 0.05) is 11.6 Å². The van der Waals surface area contributed by atoms with Crippen LogP contribution in [0.4, 0.5) is 0 Å². The molecule has 0 saturated carbocycles. The zero-order chi connectivity index (χ0) is 10.6. The second-order valence-electron chi connectivity index (χ2n) is 3.56. The maximum Gasteiger partial charge on any atom is 0.128 e. The van der Waals surface area contributed by atoms with E-state index in [2.05, 4.69) is 0 Å². The zero-order valence-electron chi connectivity index (χ0n) is 8.40. The highest BCUT2D eigenvalue weighted by Crippen LogP contribution is 2.17. The quantitative estimate of drug-likeness (QED) is 0.712. The first-order chi connectivity index (χ1) is 6.63. The molecule has 0 N–H and O–H groups in total. The first-order valence-corrected chi connectivity index (χ1v) is 4.86. The van der Waals surface area contributed by atoms with E-state index in [0.29, 0.717) is 5.02 Å². The smallest absolute Gasteiger partial charge is 0.128 e. The molecular weight excluding hydrogens is 198 g/mol. The fraction of sp³-hybridized carbons (Fsp3) is 0.364. The lowest BCUT2D eigenvalue weighted by atomic mass is 10.0. The summed E-state index contributed by atoms with van der Waals surface area (Å²) in [6, 6.07) is 7.40. The fourth-order valence-corrected chi connectivity index (χ4v) is 1.46. The van der Waals surface area contributed by atoms with Gasteiger partial charge in [0.15, 0.2) is 0 Å². The average molecular weight is 212 g/mol. The van der Waals surface area contributed by atoms with E-state index >= 15 is 0 Å². The minimum atomic E-state index is -0.0673. The summed E-state index contributed by atoms with van der Waals surface area (Å²) in [5, 5.41) is 0.697. The van der Waals surface area contributed by atoms with Gasteiger partial charge in [0.2, 0.25) is 0 Å². The summed E-state index contributed by atoms with van der Waals surface area (Å²) in [7, 11) is 3.90. The fourth-order valence-electron chi connectivity index (χ4n) is 1.33. The van der Waals surface area contributed by atoms with Gasteiger partial charge < -0.3 is 9.69 Å². The Balaban J connectivity index is 2.78. The van der Waals surface area contributed by atoms with Gasteiger partial charge in [-0.1, -0.05) is 23.7 Å². The molecule has 76 valence electrons. The van der Waals surface area contributed by atoms with E-state index in [4.69, 9.17) is 11.6 Å². The number of likely N-dealkylation sites (N-methyl/N-ethyl adjacent to an activating group) is 1. The van der Waals surface area contributed by atoms with E-state index in [9.17, 15) is 4.79 Å². The largest absolute Gasteiger partial charge is 0.308 e. The van der Waals surface area contributed by atoms with Crippen LogP contribution in [0, 0.1) is 0 Å². The lowest BCUT2D eigenvalue weighted by molar-refractivity contribution is -0.109. The van der Waals surface area contributed by atoms with Crippen LogP contribution in [0.1, 0.15) is 11.5 Å². The number of halogens is 1. The molecule has 0 amide bonds. The molecule has 0 aromatic heterocycles. The van der Waals surface area contributed by atoms with Crippen molar-refractivity contribution in [2.24, 2.45) is 0 Å². The Morgan fingerprint density at radius 2 is 1.93 bits per heavy atom. The third kappa shape index (κ3) is 3.13. The second-order valence-corrected chi connectivity index (χ2v) is 3.99. The number of aldehydes is 1. The summed E-state index contributed by atoms with van der Waals surface area (Å²) in [5.74, 6) is -0.0673. The third-order valence-corrected chi connectivity index (χ3v) is 2.28. The molecule has 0 aliphatic carbocycles. The molecule has 14 heavy (non-hydrogen) atoms. The molecule has 0 saturated heterocycles. The van der Waals surface area contributed by atoms with Gasteiger partial charge >= 0.3 is 0 Å². The molecule has 1 aromatic carbocycles. The molecule has 0 bridgehead atoms. The molecule has 0 radical (unpaired) electrons. The lowest BCUT2D eigenvalue weighted by Crippen LogP contribution is -2.21. The monoisotopic (exact) mass is 211 g/mol. The van der Waals surface area contributed by atoms with E-state index in [1.54, 1.807) is 0 Å². The Labute approximate surface area is 89.5 Å². The number of benzene rings is 1. The van der Waals surface area contributed by atoms with Crippen molar-refractivity contribution in [3.63, 3.8) is 0 Å². The van der Waals surface area contributed by atoms with Gasteiger partial charge in [-0.05, 0) is 31.8 Å². The standard InChI is InChI=1S/C11H14ClNO/c1-13(2)7-10(8-14)9-3-5-11(12)6-4-9/h3-6,8,10H,7H2,1-2H3. The van der Waals surface area contributed by atoms with Gasteiger partial charge in [-0.25, -0.2) is 0 Å². The van der Waals surface area contributed by atoms with Crippen LogP contribution >= 0.6 is 11.6 Å². The van der Waals surface area contributed by atoms with Gasteiger partial charge in [-0.2, -0.15) is 0 Å². The maximum absolute atomic E-state index is 10.9. The third-order valence-electron chi connectivity index (χ3n) is 2.02. The predicted octanol–water partition coefficient (Wildman–Crippen LogP) is 2.18. The predicted molar refractivity (Wildman–Crippen MR) is 58.8 cm³/mol. The van der Waals surface area contributed by atoms with Crippen LogP contribution in [0.25, 0.3) is 0 Å². The number of carbonyl (C=O) groups excluding carboxylic acids is 1. The minimum absolute atomic E-state index is 0.0673. The SMILES string of the molecule is CN(C)CC(C=O)c1ccc(Cl)cc1. The summed E-state index contributed by atoms with van der Waals surface area (Å²) < 4.78 is 0. The van der Waals surface area contributed by atoms with Crippen LogP contribution in [-0.4, -0.2) is 31.8 Å². The molecule has 1 aromatic rings. The number of hydrogen-bond donors (Lipinski definition) is 0. The summed E-state index contributed by atoms with van der Waals surface area (Å²) in [5.41, 5.74) is 1.01. The Kier molecular flexibility index (Phi) is 4.11. The van der Waals surface area contributed by atoms with Crippen molar-refractivity contribution in [3.05, 3.63) is 34.9 Å². The number of nitrogens with zero attached hydrogens (tertiary/aromatic N) is 1. The Hall–Kier alpha value is -0.860. The highest BCUT2D eigenvalue weighted by molar-refractivity contribution is 6.30. The van der Waals surface area contributed by atoms with Crippen molar-refractivity contribution < 1.29 is 4.79 Å². The van der Waals surface area contributed by atoms with E-state index in [-0.39, 0.29) is 5.92 Å². The van der Waals surface area contributed by atoms with Crippen LogP contribution in [0.2, 0.25) is 5.02 Å². The summed E-state index contributed by atoms with van der Waals surface area (Å²) in [6.45, 7) is 0.727. The molecule has 3 heteroatoms. The van der Waals surface area contributed by atoms with E-state index < -0.39 is 0 Å². The molecule has 2 nitrogen and oxygen atoms in total. The lowest BCUT2D eigenvalue weighted by Gasteiger charge is -2.15.